The molecule has 210 valence electrons. The van der Waals surface area contributed by atoms with Crippen LogP contribution in [-0.2, 0) is 23.2 Å². The summed E-state index contributed by atoms with van der Waals surface area (Å²) in [6.45, 7) is 5.10. The number of benzene rings is 3. The second kappa shape index (κ2) is 11.9. The Kier molecular flexibility index (Phi) is 8.38. The molecule has 5 nitrogen and oxygen atoms in total. The van der Waals surface area contributed by atoms with Crippen LogP contribution < -0.4 is 5.73 Å². The van der Waals surface area contributed by atoms with Crippen molar-refractivity contribution in [3.05, 3.63) is 95.4 Å². The zero-order valence-corrected chi connectivity index (χ0v) is 23.5. The predicted octanol–water partition coefficient (Wildman–Crippen LogP) is 6.33. The summed E-state index contributed by atoms with van der Waals surface area (Å²) >= 11 is 0. The molecule has 3 atom stereocenters. The number of carbonyl (C=O) groups is 1. The number of amides is 1. The molecule has 4 aromatic rings. The number of nitrogens with two attached hydrogens (primary N) is 1. The monoisotopic (exact) mass is 541 g/mol. The van der Waals surface area contributed by atoms with Gasteiger partial charge in [0, 0.05) is 41.7 Å². The second-order valence-electron chi connectivity index (χ2n) is 11.2. The van der Waals surface area contributed by atoms with Gasteiger partial charge in [-0.15, -0.1) is 0 Å². The Morgan fingerprint density at radius 2 is 1.95 bits per heavy atom. The molecule has 0 spiro atoms. The first-order valence-corrected chi connectivity index (χ1v) is 14.6. The van der Waals surface area contributed by atoms with E-state index < -0.39 is 11.6 Å². The highest BCUT2D eigenvalue weighted by atomic mass is 19.1. The van der Waals surface area contributed by atoms with E-state index in [0.29, 0.717) is 37.1 Å². The van der Waals surface area contributed by atoms with Crippen molar-refractivity contribution < 1.29 is 14.3 Å². The van der Waals surface area contributed by atoms with Gasteiger partial charge in [-0.3, -0.25) is 4.79 Å². The molecule has 0 aliphatic carbocycles. The number of aryl methyl sites for hydroxylation is 1. The highest BCUT2D eigenvalue weighted by Crippen LogP contribution is 2.44. The largest absolute Gasteiger partial charge is 0.385 e. The number of nitrogens with one attached hydrogen (secondary N) is 1. The third-order valence-electron chi connectivity index (χ3n) is 8.58. The minimum atomic E-state index is -1.28. The molecule has 0 saturated carbocycles. The number of likely N-dealkylation sites (tertiary alicyclic amines) is 1. The fourth-order valence-electron chi connectivity index (χ4n) is 6.49. The third kappa shape index (κ3) is 5.43. The van der Waals surface area contributed by atoms with E-state index in [9.17, 15) is 9.90 Å². The van der Waals surface area contributed by atoms with Crippen LogP contribution in [0.3, 0.4) is 0 Å². The van der Waals surface area contributed by atoms with E-state index in [4.69, 9.17) is 5.73 Å². The Morgan fingerprint density at radius 3 is 2.75 bits per heavy atom. The van der Waals surface area contributed by atoms with Gasteiger partial charge in [-0.1, -0.05) is 74.9 Å². The Labute approximate surface area is 236 Å². The van der Waals surface area contributed by atoms with Crippen molar-refractivity contribution in [1.29, 1.82) is 0 Å². The summed E-state index contributed by atoms with van der Waals surface area (Å²) in [7, 11) is 0. The van der Waals surface area contributed by atoms with Gasteiger partial charge in [0.25, 0.3) is 0 Å². The summed E-state index contributed by atoms with van der Waals surface area (Å²) in [6, 6.07) is 20.2. The van der Waals surface area contributed by atoms with E-state index in [1.54, 1.807) is 6.07 Å². The lowest BCUT2D eigenvalue weighted by atomic mass is 9.72. The van der Waals surface area contributed by atoms with Gasteiger partial charge in [0.2, 0.25) is 5.91 Å². The van der Waals surface area contributed by atoms with Crippen molar-refractivity contribution in [2.45, 2.75) is 64.0 Å². The minimum Gasteiger partial charge on any atom is -0.385 e. The molecule has 1 aliphatic heterocycles. The first-order valence-electron chi connectivity index (χ1n) is 14.6. The summed E-state index contributed by atoms with van der Waals surface area (Å²) in [6.07, 6.45) is 5.92. The maximum Gasteiger partial charge on any atom is 0.239 e. The standard InChI is InChI=1S/C34H40FN3O2/c1-3-17-34(40,28-14-8-15-29(35)32(28)24-11-7-10-23(4-2)19-24)26-12-9-18-38(22-26)33(39)30(36)20-25-21-37-31-16-6-5-13-27(25)31/h5-8,10-11,13-16,19,21,26,30,37,40H,3-4,9,12,17-18,20,22,36H2,1-2H3/t26?,30-,34?/m1/s1. The number of hydrogen-bond acceptors (Lipinski definition) is 3. The van der Waals surface area contributed by atoms with Gasteiger partial charge in [0.1, 0.15) is 5.82 Å². The highest BCUT2D eigenvalue weighted by Gasteiger charge is 2.43. The van der Waals surface area contributed by atoms with Crippen molar-refractivity contribution in [2.24, 2.45) is 11.7 Å². The number of para-hydroxylation sites is 1. The van der Waals surface area contributed by atoms with Gasteiger partial charge in [-0.05, 0) is 66.5 Å². The number of aliphatic hydroxyl groups is 1. The third-order valence-corrected chi connectivity index (χ3v) is 8.58. The predicted molar refractivity (Wildman–Crippen MR) is 159 cm³/mol. The molecule has 6 heteroatoms. The number of hydrogen-bond donors (Lipinski definition) is 3. The van der Waals surface area contributed by atoms with Gasteiger partial charge in [0.05, 0.1) is 11.6 Å². The molecule has 40 heavy (non-hydrogen) atoms. The number of halogens is 1. The molecule has 0 radical (unpaired) electrons. The summed E-state index contributed by atoms with van der Waals surface area (Å²) in [5.41, 5.74) is 10.2. The summed E-state index contributed by atoms with van der Waals surface area (Å²) < 4.78 is 15.5. The highest BCUT2D eigenvalue weighted by molar-refractivity contribution is 5.86. The lowest BCUT2D eigenvalue weighted by molar-refractivity contribution is -0.138. The summed E-state index contributed by atoms with van der Waals surface area (Å²) in [4.78, 5) is 18.7. The molecule has 1 aliphatic rings. The first-order chi connectivity index (χ1) is 19.4. The fraction of sp³-hybridized carbons (Fsp3) is 0.382. The van der Waals surface area contributed by atoms with Crippen LogP contribution in [0, 0.1) is 11.7 Å². The van der Waals surface area contributed by atoms with Crippen molar-refractivity contribution in [1.82, 2.24) is 9.88 Å². The zero-order chi connectivity index (χ0) is 28.3. The van der Waals surface area contributed by atoms with Crippen LogP contribution in [0.5, 0.6) is 0 Å². The Morgan fingerprint density at radius 1 is 1.15 bits per heavy atom. The molecule has 4 N–H and O–H groups in total. The number of fused-ring (bicyclic) bond motifs is 1. The van der Waals surface area contributed by atoms with Crippen molar-refractivity contribution in [3.63, 3.8) is 0 Å². The van der Waals surface area contributed by atoms with E-state index in [1.807, 2.05) is 72.6 Å². The van der Waals surface area contributed by atoms with E-state index in [-0.39, 0.29) is 17.6 Å². The topological polar surface area (TPSA) is 82.3 Å². The lowest BCUT2D eigenvalue weighted by Gasteiger charge is -2.44. The Bertz CT molecular complexity index is 1480. The van der Waals surface area contributed by atoms with E-state index >= 15 is 4.39 Å². The molecule has 1 fully saturated rings. The number of H-pyrrole nitrogens is 1. The lowest BCUT2D eigenvalue weighted by Crippen LogP contribution is -2.52. The van der Waals surface area contributed by atoms with Gasteiger partial charge < -0.3 is 20.7 Å². The first kappa shape index (κ1) is 28.1. The van der Waals surface area contributed by atoms with E-state index in [1.165, 1.54) is 6.07 Å². The molecular formula is C34H40FN3O2. The molecule has 5 rings (SSSR count). The van der Waals surface area contributed by atoms with Gasteiger partial charge in [-0.25, -0.2) is 4.39 Å². The smallest absolute Gasteiger partial charge is 0.239 e. The molecule has 2 unspecified atom stereocenters. The van der Waals surface area contributed by atoms with E-state index in [2.05, 4.69) is 11.9 Å². The maximum absolute atomic E-state index is 15.5. The SMILES string of the molecule is CCCC(O)(c1cccc(F)c1-c1cccc(CC)c1)C1CCCN(C(=O)[C@H](N)Cc2c[nH]c3ccccc23)C1. The van der Waals surface area contributed by atoms with Crippen LogP contribution in [-0.4, -0.2) is 40.0 Å². The molecule has 0 bridgehead atoms. The van der Waals surface area contributed by atoms with Gasteiger partial charge >= 0.3 is 0 Å². The van der Waals surface area contributed by atoms with Crippen LogP contribution in [0.1, 0.15) is 56.2 Å². The average Bonchev–Trinajstić information content (AvgIpc) is 3.39. The summed E-state index contributed by atoms with van der Waals surface area (Å²) in [5, 5.41) is 13.5. The average molecular weight is 542 g/mol. The number of aromatic amines is 1. The molecule has 3 aromatic carbocycles. The molecular weight excluding hydrogens is 501 g/mol. The number of carbonyl (C=O) groups excluding carboxylic acids is 1. The van der Waals surface area contributed by atoms with Crippen molar-refractivity contribution in [3.8, 4) is 11.1 Å². The quantitative estimate of drug-likeness (QED) is 0.232. The fourth-order valence-corrected chi connectivity index (χ4v) is 6.49. The summed E-state index contributed by atoms with van der Waals surface area (Å²) in [5.74, 6) is -0.686. The van der Waals surface area contributed by atoms with Crippen LogP contribution in [0.2, 0.25) is 0 Å². The number of nitrogens with zero attached hydrogens (tertiary/aromatic N) is 1. The Hall–Kier alpha value is -3.48. The minimum absolute atomic E-state index is 0.107. The second-order valence-corrected chi connectivity index (χ2v) is 11.2. The van der Waals surface area contributed by atoms with Crippen LogP contribution in [0.25, 0.3) is 22.0 Å². The van der Waals surface area contributed by atoms with Crippen LogP contribution in [0.15, 0.2) is 72.9 Å². The van der Waals surface area contributed by atoms with Gasteiger partial charge in [-0.2, -0.15) is 0 Å². The molecule has 1 amide bonds. The molecule has 1 saturated heterocycles. The molecule has 2 heterocycles. The van der Waals surface area contributed by atoms with Crippen molar-refractivity contribution in [2.75, 3.05) is 13.1 Å². The van der Waals surface area contributed by atoms with Crippen molar-refractivity contribution >= 4 is 16.8 Å². The van der Waals surface area contributed by atoms with Crippen LogP contribution in [0.4, 0.5) is 4.39 Å². The number of piperidine rings is 1. The van der Waals surface area contributed by atoms with E-state index in [0.717, 1.165) is 53.3 Å². The van der Waals surface area contributed by atoms with Crippen LogP contribution >= 0.6 is 0 Å². The zero-order valence-electron chi connectivity index (χ0n) is 23.5. The normalized spacial score (nSPS) is 18.0. The van der Waals surface area contributed by atoms with Gasteiger partial charge in [0.15, 0.2) is 0 Å². The number of rotatable bonds is 9. The molecule has 1 aromatic heterocycles. The maximum atomic E-state index is 15.5. The Balaban J connectivity index is 1.42. The number of aromatic nitrogens is 1.